The molecule has 0 saturated carbocycles. The zero-order valence-corrected chi connectivity index (χ0v) is 26.6. The van der Waals surface area contributed by atoms with Crippen molar-refractivity contribution in [3.8, 4) is 23.6 Å². The first-order valence-electron chi connectivity index (χ1n) is 15.2. The third-order valence-electron chi connectivity index (χ3n) is 9.39. The minimum atomic E-state index is -0.641. The number of likely N-dealkylation sites (tertiary alicyclic amines) is 1. The Bertz CT molecular complexity index is 1610. The first kappa shape index (κ1) is 30.0. The Morgan fingerprint density at radius 2 is 2.14 bits per heavy atom. The summed E-state index contributed by atoms with van der Waals surface area (Å²) in [5, 5.41) is 14.8. The van der Waals surface area contributed by atoms with Gasteiger partial charge in [-0.3, -0.25) is 9.69 Å². The van der Waals surface area contributed by atoms with Gasteiger partial charge >= 0.3 is 6.01 Å². The Labute approximate surface area is 261 Å². The molecule has 2 N–H and O–H groups in total. The van der Waals surface area contributed by atoms with Crippen molar-refractivity contribution >= 4 is 28.1 Å². The van der Waals surface area contributed by atoms with Crippen LogP contribution in [0.5, 0.6) is 6.01 Å². The van der Waals surface area contributed by atoms with Crippen molar-refractivity contribution in [1.29, 1.82) is 5.26 Å². The Kier molecular flexibility index (Phi) is 8.06. The van der Waals surface area contributed by atoms with Gasteiger partial charge in [0.25, 0.3) is 0 Å². The predicted molar refractivity (Wildman–Crippen MR) is 167 cm³/mol. The van der Waals surface area contributed by atoms with Crippen molar-refractivity contribution in [3.63, 3.8) is 0 Å². The van der Waals surface area contributed by atoms with Crippen LogP contribution in [0, 0.1) is 11.3 Å². The van der Waals surface area contributed by atoms with Crippen molar-refractivity contribution in [1.82, 2.24) is 29.9 Å². The lowest BCUT2D eigenvalue weighted by molar-refractivity contribution is -0.128. The smallest absolute Gasteiger partial charge is 0.319 e. The van der Waals surface area contributed by atoms with Gasteiger partial charge in [0, 0.05) is 48.2 Å². The van der Waals surface area contributed by atoms with Crippen molar-refractivity contribution in [2.45, 2.75) is 76.5 Å². The molecule has 12 nitrogen and oxygen atoms in total. The molecule has 44 heavy (non-hydrogen) atoms. The molecular weight excluding hydrogens is 578 g/mol. The summed E-state index contributed by atoms with van der Waals surface area (Å²) in [7, 11) is 2.11. The number of piperazine rings is 1. The number of amides is 1. The quantitative estimate of drug-likeness (QED) is 0.386. The van der Waals surface area contributed by atoms with E-state index >= 15 is 0 Å². The fourth-order valence-electron chi connectivity index (χ4n) is 6.99. The van der Waals surface area contributed by atoms with E-state index < -0.39 is 5.41 Å². The maximum absolute atomic E-state index is 12.4. The number of likely N-dealkylation sites (N-methyl/N-ethyl adjacent to an activating group) is 1. The number of nitrogens with two attached hydrogens (primary N) is 1. The van der Waals surface area contributed by atoms with E-state index in [1.807, 2.05) is 24.8 Å². The van der Waals surface area contributed by atoms with Gasteiger partial charge in [0.15, 0.2) is 0 Å². The standard InChI is InChI=1S/C31H39N9O3S/c1-6-25(41)40-14-13-39(17-18(40)2)24-15-21(34-30(35-24)42-19(3)22-9-8-12-38(22)5)28-36-29(43-37-28)31(4)11-7-10-23-26(31)20(16-32)27(33)44-23/h6,15,18-19,22H,1,7-14,17,33H2,2-5H3/t18-,19-,22-,31-/m0/s1. The lowest BCUT2D eigenvalue weighted by atomic mass is 9.72. The molecule has 232 valence electrons. The van der Waals surface area contributed by atoms with Crippen molar-refractivity contribution in [2.75, 3.05) is 43.9 Å². The monoisotopic (exact) mass is 617 g/mol. The number of hydrogen-bond donors (Lipinski definition) is 1. The van der Waals surface area contributed by atoms with Gasteiger partial charge in [-0.1, -0.05) is 11.7 Å². The highest BCUT2D eigenvalue weighted by molar-refractivity contribution is 7.16. The van der Waals surface area contributed by atoms with Crippen molar-refractivity contribution < 1.29 is 14.1 Å². The second-order valence-electron chi connectivity index (χ2n) is 12.3. The van der Waals surface area contributed by atoms with Crippen LogP contribution in [0.15, 0.2) is 23.2 Å². The number of fused-ring (bicyclic) bond motifs is 1. The summed E-state index contributed by atoms with van der Waals surface area (Å²) in [6.07, 6.45) is 5.96. The number of anilines is 2. The second kappa shape index (κ2) is 11.8. The van der Waals surface area contributed by atoms with E-state index in [4.69, 9.17) is 29.9 Å². The molecule has 2 aliphatic heterocycles. The highest BCUT2D eigenvalue weighted by atomic mass is 32.1. The second-order valence-corrected chi connectivity index (χ2v) is 13.4. The summed E-state index contributed by atoms with van der Waals surface area (Å²) in [5.74, 6) is 1.34. The van der Waals surface area contributed by atoms with Crippen LogP contribution in [0.1, 0.15) is 68.3 Å². The van der Waals surface area contributed by atoms with E-state index in [9.17, 15) is 10.1 Å². The number of rotatable bonds is 7. The van der Waals surface area contributed by atoms with Crippen LogP contribution in [0.25, 0.3) is 11.5 Å². The topological polar surface area (TPSA) is 151 Å². The minimum absolute atomic E-state index is 0.0345. The largest absolute Gasteiger partial charge is 0.459 e. The Balaban J connectivity index is 1.35. The molecule has 0 spiro atoms. The molecule has 3 aromatic rings. The van der Waals surface area contributed by atoms with Gasteiger partial charge in [-0.25, -0.2) is 0 Å². The number of thiophene rings is 1. The lowest BCUT2D eigenvalue weighted by Crippen LogP contribution is -2.54. The number of nitrogens with zero attached hydrogens (tertiary/aromatic N) is 8. The molecule has 0 radical (unpaired) electrons. The lowest BCUT2D eigenvalue weighted by Gasteiger charge is -2.40. The van der Waals surface area contributed by atoms with E-state index in [0.29, 0.717) is 53.4 Å². The summed E-state index contributed by atoms with van der Waals surface area (Å²) in [6.45, 7) is 12.5. The molecule has 4 atom stereocenters. The molecule has 2 saturated heterocycles. The number of aromatic nitrogens is 4. The van der Waals surface area contributed by atoms with Crippen molar-refractivity contribution in [2.24, 2.45) is 0 Å². The fourth-order valence-corrected chi connectivity index (χ4v) is 8.18. The maximum Gasteiger partial charge on any atom is 0.319 e. The summed E-state index contributed by atoms with van der Waals surface area (Å²) < 4.78 is 12.3. The highest BCUT2D eigenvalue weighted by Crippen LogP contribution is 2.48. The van der Waals surface area contributed by atoms with E-state index in [1.165, 1.54) is 17.4 Å². The number of ether oxygens (including phenoxy) is 1. The Morgan fingerprint density at radius 3 is 2.84 bits per heavy atom. The van der Waals surface area contributed by atoms with Crippen LogP contribution < -0.4 is 15.4 Å². The number of hydrogen-bond acceptors (Lipinski definition) is 12. The molecule has 6 rings (SSSR count). The molecule has 13 heteroatoms. The first-order valence-corrected chi connectivity index (χ1v) is 16.0. The molecule has 2 fully saturated rings. The Hall–Kier alpha value is -4.02. The molecule has 1 aliphatic carbocycles. The van der Waals surface area contributed by atoms with E-state index in [1.54, 1.807) is 0 Å². The zero-order chi connectivity index (χ0) is 31.2. The molecule has 5 heterocycles. The van der Waals surface area contributed by atoms with Gasteiger partial charge in [-0.05, 0) is 72.5 Å². The average molecular weight is 618 g/mol. The Morgan fingerprint density at radius 1 is 1.32 bits per heavy atom. The fraction of sp³-hybridized carbons (Fsp3) is 0.548. The number of nitriles is 1. The summed E-state index contributed by atoms with van der Waals surface area (Å²) in [5.41, 5.74) is 7.47. The summed E-state index contributed by atoms with van der Waals surface area (Å²) in [6, 6.07) is 4.63. The molecule has 0 bridgehead atoms. The molecular formula is C31H39N9O3S. The average Bonchev–Trinajstić information content (AvgIpc) is 3.75. The number of carbonyl (C=O) groups excluding carboxylic acids is 1. The van der Waals surface area contributed by atoms with Gasteiger partial charge in [-0.2, -0.15) is 20.2 Å². The highest BCUT2D eigenvalue weighted by Gasteiger charge is 2.43. The molecule has 0 aromatic carbocycles. The third-order valence-corrected chi connectivity index (χ3v) is 10.5. The zero-order valence-electron chi connectivity index (χ0n) is 25.7. The van der Waals surface area contributed by atoms with Crippen LogP contribution in [-0.4, -0.2) is 87.2 Å². The number of carbonyl (C=O) groups is 1. The van der Waals surface area contributed by atoms with Gasteiger partial charge in [0.05, 0.1) is 11.0 Å². The van der Waals surface area contributed by atoms with Gasteiger partial charge in [-0.15, -0.1) is 11.3 Å². The van der Waals surface area contributed by atoms with Crippen LogP contribution in [0.2, 0.25) is 0 Å². The van der Waals surface area contributed by atoms with E-state index in [2.05, 4.69) is 41.6 Å². The van der Waals surface area contributed by atoms with Gasteiger partial charge < -0.3 is 24.8 Å². The number of nitrogen functional groups attached to an aromatic ring is 1. The first-order chi connectivity index (χ1) is 21.1. The molecule has 3 aromatic heterocycles. The van der Waals surface area contributed by atoms with E-state index in [0.717, 1.165) is 49.1 Å². The SMILES string of the molecule is C=CC(=O)N1CCN(c2cc(-c3noc([C@@]4(C)CCCc5sc(N)c(C#N)c54)n3)nc(O[C@@H](C)[C@@H]3CCCN3C)n2)C[C@@H]1C. The van der Waals surface area contributed by atoms with Crippen molar-refractivity contribution in [3.05, 3.63) is 40.6 Å². The normalized spacial score (nSPS) is 24.5. The summed E-state index contributed by atoms with van der Waals surface area (Å²) in [4.78, 5) is 34.2. The van der Waals surface area contributed by atoms with Crippen LogP contribution in [-0.2, 0) is 16.6 Å². The minimum Gasteiger partial charge on any atom is -0.459 e. The molecule has 0 unspecified atom stereocenters. The third kappa shape index (κ3) is 5.30. The summed E-state index contributed by atoms with van der Waals surface area (Å²) >= 11 is 1.47. The van der Waals surface area contributed by atoms with Crippen LogP contribution in [0.4, 0.5) is 10.8 Å². The van der Waals surface area contributed by atoms with E-state index in [-0.39, 0.29) is 30.1 Å². The van der Waals surface area contributed by atoms with Crippen LogP contribution >= 0.6 is 11.3 Å². The molecule has 3 aliphatic rings. The van der Waals surface area contributed by atoms with Gasteiger partial charge in [0.1, 0.15) is 28.7 Å². The predicted octanol–water partition coefficient (Wildman–Crippen LogP) is 3.77. The van der Waals surface area contributed by atoms with Crippen LogP contribution in [0.3, 0.4) is 0 Å². The molecule has 1 amide bonds. The number of aryl methyl sites for hydroxylation is 1. The van der Waals surface area contributed by atoms with Gasteiger partial charge in [0.2, 0.25) is 17.6 Å². The maximum atomic E-state index is 12.4.